The average Bonchev–Trinajstić information content (AvgIpc) is 2.60. The Morgan fingerprint density at radius 2 is 1.67 bits per heavy atom. The third kappa shape index (κ3) is 6.43. The minimum atomic E-state index is -3.01. The van der Waals surface area contributed by atoms with Crippen LogP contribution in [-0.2, 0) is 9.59 Å². The summed E-state index contributed by atoms with van der Waals surface area (Å²) in [5.41, 5.74) is 1.67. The first-order valence-corrected chi connectivity index (χ1v) is 7.87. The van der Waals surface area contributed by atoms with Crippen molar-refractivity contribution in [3.8, 4) is 11.5 Å². The van der Waals surface area contributed by atoms with Crippen molar-refractivity contribution >= 4 is 29.3 Å². The Hall–Kier alpha value is -3.42. The molecule has 0 atom stereocenters. The minimum absolute atomic E-state index is 0.128. The number of benzene rings is 2. The SMILES string of the molecule is COc1ccc(NC(=O)/C=C/c2ccc(NC(C)=O)cc2)cc1OC(F)F. The van der Waals surface area contributed by atoms with Crippen molar-refractivity contribution < 1.29 is 27.8 Å². The van der Waals surface area contributed by atoms with Gasteiger partial charge >= 0.3 is 6.61 Å². The zero-order valence-corrected chi connectivity index (χ0v) is 14.7. The van der Waals surface area contributed by atoms with Gasteiger partial charge in [-0.05, 0) is 35.9 Å². The first-order chi connectivity index (χ1) is 12.9. The van der Waals surface area contributed by atoms with Gasteiger partial charge in [-0.2, -0.15) is 8.78 Å². The summed E-state index contributed by atoms with van der Waals surface area (Å²) in [7, 11) is 1.33. The lowest BCUT2D eigenvalue weighted by Gasteiger charge is -2.11. The van der Waals surface area contributed by atoms with Gasteiger partial charge in [-0.25, -0.2) is 0 Å². The van der Waals surface area contributed by atoms with Gasteiger partial charge in [0.15, 0.2) is 11.5 Å². The van der Waals surface area contributed by atoms with E-state index in [1.165, 1.54) is 38.3 Å². The molecule has 27 heavy (non-hydrogen) atoms. The molecule has 0 aliphatic heterocycles. The summed E-state index contributed by atoms with van der Waals surface area (Å²) in [6.45, 7) is -1.60. The molecule has 2 aromatic carbocycles. The molecule has 0 aliphatic rings. The monoisotopic (exact) mass is 376 g/mol. The fourth-order valence-electron chi connectivity index (χ4n) is 2.18. The Balaban J connectivity index is 2.02. The van der Waals surface area contributed by atoms with Gasteiger partial charge in [0.1, 0.15) is 0 Å². The van der Waals surface area contributed by atoms with Crippen LogP contribution >= 0.6 is 0 Å². The van der Waals surface area contributed by atoms with E-state index in [9.17, 15) is 18.4 Å². The Morgan fingerprint density at radius 3 is 2.26 bits per heavy atom. The molecule has 8 heteroatoms. The average molecular weight is 376 g/mol. The van der Waals surface area contributed by atoms with Crippen LogP contribution in [-0.4, -0.2) is 25.5 Å². The van der Waals surface area contributed by atoms with Gasteiger partial charge in [-0.1, -0.05) is 12.1 Å². The fourth-order valence-corrected chi connectivity index (χ4v) is 2.18. The van der Waals surface area contributed by atoms with Crippen molar-refractivity contribution in [2.24, 2.45) is 0 Å². The van der Waals surface area contributed by atoms with Gasteiger partial charge in [-0.3, -0.25) is 9.59 Å². The maximum atomic E-state index is 12.4. The highest BCUT2D eigenvalue weighted by Gasteiger charge is 2.12. The number of rotatable bonds is 7. The van der Waals surface area contributed by atoms with Crippen LogP contribution in [0.5, 0.6) is 11.5 Å². The lowest BCUT2D eigenvalue weighted by atomic mass is 10.2. The maximum absolute atomic E-state index is 12.4. The van der Waals surface area contributed by atoms with E-state index in [2.05, 4.69) is 15.4 Å². The number of hydrogen-bond acceptors (Lipinski definition) is 4. The summed E-state index contributed by atoms with van der Waals surface area (Å²) in [6.07, 6.45) is 2.87. The van der Waals surface area contributed by atoms with Crippen LogP contribution in [0, 0.1) is 0 Å². The van der Waals surface area contributed by atoms with Crippen LogP contribution in [0.15, 0.2) is 48.5 Å². The zero-order valence-electron chi connectivity index (χ0n) is 14.7. The molecule has 0 aromatic heterocycles. The molecule has 2 aromatic rings. The molecule has 2 amide bonds. The molecule has 0 saturated heterocycles. The number of ether oxygens (including phenoxy) is 2. The second kappa shape index (κ2) is 9.33. The van der Waals surface area contributed by atoms with Crippen molar-refractivity contribution in [1.29, 1.82) is 0 Å². The predicted octanol–water partition coefficient (Wildman–Crippen LogP) is 3.91. The van der Waals surface area contributed by atoms with E-state index in [1.54, 1.807) is 30.3 Å². The number of carbonyl (C=O) groups is 2. The van der Waals surface area contributed by atoms with E-state index in [1.807, 2.05) is 0 Å². The zero-order chi connectivity index (χ0) is 19.8. The molecular weight excluding hydrogens is 358 g/mol. The summed E-state index contributed by atoms with van der Waals surface area (Å²) in [5, 5.41) is 5.19. The van der Waals surface area contributed by atoms with Crippen molar-refractivity contribution in [2.75, 3.05) is 17.7 Å². The minimum Gasteiger partial charge on any atom is -0.493 e. The predicted molar refractivity (Wildman–Crippen MR) is 98.0 cm³/mol. The summed E-state index contributed by atoms with van der Waals surface area (Å²) in [6, 6.07) is 11.0. The molecule has 0 heterocycles. The van der Waals surface area contributed by atoms with Gasteiger partial charge in [-0.15, -0.1) is 0 Å². The van der Waals surface area contributed by atoms with Crippen LogP contribution in [0.25, 0.3) is 6.08 Å². The van der Waals surface area contributed by atoms with Gasteiger partial charge in [0.05, 0.1) is 7.11 Å². The summed E-state index contributed by atoms with van der Waals surface area (Å²) in [4.78, 5) is 23.0. The van der Waals surface area contributed by atoms with Crippen LogP contribution in [0.4, 0.5) is 20.2 Å². The fraction of sp³-hybridized carbons (Fsp3) is 0.158. The summed E-state index contributed by atoms with van der Waals surface area (Å²) in [5.74, 6) is -0.674. The number of methoxy groups -OCH3 is 1. The number of alkyl halides is 2. The van der Waals surface area contributed by atoms with E-state index in [0.29, 0.717) is 5.69 Å². The van der Waals surface area contributed by atoms with Crippen LogP contribution in [0.1, 0.15) is 12.5 Å². The lowest BCUT2D eigenvalue weighted by molar-refractivity contribution is -0.114. The highest BCUT2D eigenvalue weighted by atomic mass is 19.3. The Morgan fingerprint density at radius 1 is 1.00 bits per heavy atom. The van der Waals surface area contributed by atoms with E-state index in [4.69, 9.17) is 4.74 Å². The van der Waals surface area contributed by atoms with Crippen molar-refractivity contribution in [3.05, 3.63) is 54.1 Å². The van der Waals surface area contributed by atoms with Crippen molar-refractivity contribution in [1.82, 2.24) is 0 Å². The molecule has 0 spiro atoms. The molecule has 0 saturated carbocycles. The Kier molecular flexibility index (Phi) is 6.87. The number of amides is 2. The molecule has 0 radical (unpaired) electrons. The van der Waals surface area contributed by atoms with Crippen LogP contribution in [0.3, 0.4) is 0 Å². The van der Waals surface area contributed by atoms with Crippen molar-refractivity contribution in [3.63, 3.8) is 0 Å². The highest BCUT2D eigenvalue weighted by molar-refractivity contribution is 6.02. The maximum Gasteiger partial charge on any atom is 0.387 e. The third-order valence-corrected chi connectivity index (χ3v) is 3.31. The van der Waals surface area contributed by atoms with Crippen molar-refractivity contribution in [2.45, 2.75) is 13.5 Å². The first-order valence-electron chi connectivity index (χ1n) is 7.87. The highest BCUT2D eigenvalue weighted by Crippen LogP contribution is 2.31. The third-order valence-electron chi connectivity index (χ3n) is 3.31. The standard InChI is InChI=1S/C19H18F2N2O4/c1-12(24)22-14-6-3-13(4-7-14)5-10-18(25)23-15-8-9-16(26-2)17(11-15)27-19(20)21/h3-11,19H,1-2H3,(H,22,24)(H,23,25)/b10-5+. The number of nitrogens with one attached hydrogen (secondary N) is 2. The largest absolute Gasteiger partial charge is 0.493 e. The van der Waals surface area contributed by atoms with E-state index in [0.717, 1.165) is 5.56 Å². The van der Waals surface area contributed by atoms with E-state index < -0.39 is 12.5 Å². The normalized spacial score (nSPS) is 10.7. The molecule has 0 unspecified atom stereocenters. The van der Waals surface area contributed by atoms with Gasteiger partial charge < -0.3 is 20.1 Å². The molecule has 6 nitrogen and oxygen atoms in total. The molecule has 0 bridgehead atoms. The number of halogens is 2. The summed E-state index contributed by atoms with van der Waals surface area (Å²) >= 11 is 0. The van der Waals surface area contributed by atoms with Gasteiger partial charge in [0, 0.05) is 30.4 Å². The van der Waals surface area contributed by atoms with Gasteiger partial charge in [0.2, 0.25) is 11.8 Å². The van der Waals surface area contributed by atoms with Gasteiger partial charge in [0.25, 0.3) is 0 Å². The smallest absolute Gasteiger partial charge is 0.387 e. The van der Waals surface area contributed by atoms with E-state index >= 15 is 0 Å². The number of carbonyl (C=O) groups excluding carboxylic acids is 2. The lowest BCUT2D eigenvalue weighted by Crippen LogP contribution is -2.09. The molecule has 0 fully saturated rings. The van der Waals surface area contributed by atoms with E-state index in [-0.39, 0.29) is 23.1 Å². The Labute approximate surface area is 154 Å². The molecular formula is C19H18F2N2O4. The molecule has 0 aliphatic carbocycles. The molecule has 142 valence electrons. The van der Waals surface area contributed by atoms with Crippen LogP contribution in [0.2, 0.25) is 0 Å². The second-order valence-electron chi connectivity index (χ2n) is 5.37. The molecule has 2 rings (SSSR count). The number of hydrogen-bond donors (Lipinski definition) is 2. The quantitative estimate of drug-likeness (QED) is 0.719. The van der Waals surface area contributed by atoms with Crippen LogP contribution < -0.4 is 20.1 Å². The molecule has 2 N–H and O–H groups in total. The Bertz CT molecular complexity index is 836. The topological polar surface area (TPSA) is 76.7 Å². The second-order valence-corrected chi connectivity index (χ2v) is 5.37. The summed E-state index contributed by atoms with van der Waals surface area (Å²) < 4.78 is 34.2. The number of anilines is 2. The first kappa shape index (κ1) is 19.9.